The van der Waals surface area contributed by atoms with Crippen LogP contribution in [-0.2, 0) is 14.8 Å². The number of anilines is 1. The molecule has 0 bridgehead atoms. The van der Waals surface area contributed by atoms with Crippen LogP contribution in [0.3, 0.4) is 0 Å². The minimum atomic E-state index is -4.01. The first-order chi connectivity index (χ1) is 15.9. The van der Waals surface area contributed by atoms with Crippen molar-refractivity contribution in [1.82, 2.24) is 5.43 Å². The number of hydrogen-bond acceptors (Lipinski definition) is 4. The molecule has 0 unspecified atom stereocenters. The third-order valence-corrected chi connectivity index (χ3v) is 8.71. The number of rotatable bonds is 6. The molecule has 0 heterocycles. The number of hydrogen-bond donors (Lipinski definition) is 1. The largest absolute Gasteiger partial charge is 0.271 e. The highest BCUT2D eigenvalue weighted by molar-refractivity contribution is 7.92. The summed E-state index contributed by atoms with van der Waals surface area (Å²) in [5.74, 6) is 0.128. The zero-order valence-electron chi connectivity index (χ0n) is 20.6. The maximum absolute atomic E-state index is 13.5. The van der Waals surface area contributed by atoms with E-state index in [0.29, 0.717) is 22.2 Å². The van der Waals surface area contributed by atoms with Crippen molar-refractivity contribution in [3.8, 4) is 0 Å². The maximum Gasteiger partial charge on any atom is 0.264 e. The number of benzene rings is 2. The summed E-state index contributed by atoms with van der Waals surface area (Å²) in [6, 6.07) is 11.6. The van der Waals surface area contributed by atoms with E-state index in [1.165, 1.54) is 0 Å². The highest BCUT2D eigenvalue weighted by Crippen LogP contribution is 2.37. The molecule has 0 aliphatic heterocycles. The van der Waals surface area contributed by atoms with Gasteiger partial charge in [0.25, 0.3) is 15.9 Å². The van der Waals surface area contributed by atoms with Gasteiger partial charge in [0, 0.05) is 10.7 Å². The monoisotopic (exact) mass is 503 g/mol. The molecule has 3 rings (SSSR count). The molecule has 0 atom stereocenters. The highest BCUT2D eigenvalue weighted by atomic mass is 35.5. The van der Waals surface area contributed by atoms with Gasteiger partial charge >= 0.3 is 0 Å². The summed E-state index contributed by atoms with van der Waals surface area (Å²) < 4.78 is 28.2. The summed E-state index contributed by atoms with van der Waals surface area (Å²) in [7, 11) is -4.01. The van der Waals surface area contributed by atoms with E-state index in [-0.39, 0.29) is 10.3 Å². The van der Waals surface area contributed by atoms with E-state index in [4.69, 9.17) is 11.6 Å². The quantitative estimate of drug-likeness (QED) is 0.501. The first-order valence-corrected chi connectivity index (χ1v) is 13.4. The maximum atomic E-state index is 13.5. The molecule has 8 heteroatoms. The van der Waals surface area contributed by atoms with Crippen LogP contribution in [-0.4, -0.2) is 26.6 Å². The van der Waals surface area contributed by atoms with Crippen LogP contribution in [0.2, 0.25) is 5.02 Å². The lowest BCUT2D eigenvalue weighted by Gasteiger charge is -2.34. The Hall–Kier alpha value is -2.38. The molecule has 1 aliphatic carbocycles. The number of hydrazone groups is 1. The lowest BCUT2D eigenvalue weighted by atomic mass is 9.72. The molecule has 34 heavy (non-hydrogen) atoms. The smallest absolute Gasteiger partial charge is 0.264 e. The van der Waals surface area contributed by atoms with Crippen molar-refractivity contribution in [3.05, 3.63) is 58.6 Å². The van der Waals surface area contributed by atoms with Crippen molar-refractivity contribution in [3.63, 3.8) is 0 Å². The number of nitrogens with zero attached hydrogens (tertiary/aromatic N) is 2. The summed E-state index contributed by atoms with van der Waals surface area (Å²) in [5.41, 5.74) is 5.68. The van der Waals surface area contributed by atoms with Gasteiger partial charge in [0.15, 0.2) is 0 Å². The predicted molar refractivity (Wildman–Crippen MR) is 139 cm³/mol. The van der Waals surface area contributed by atoms with Gasteiger partial charge in [0.05, 0.1) is 10.6 Å². The Balaban J connectivity index is 1.82. The first kappa shape index (κ1) is 26.2. The summed E-state index contributed by atoms with van der Waals surface area (Å²) in [6.45, 7) is 9.98. The van der Waals surface area contributed by atoms with Crippen molar-refractivity contribution in [2.75, 3.05) is 10.8 Å². The Bertz CT molecular complexity index is 1160. The number of carbonyl (C=O) groups excluding carboxylic acids is 1. The van der Waals surface area contributed by atoms with Crippen LogP contribution in [0.5, 0.6) is 0 Å². The average Bonchev–Trinajstić information content (AvgIpc) is 2.78. The van der Waals surface area contributed by atoms with Gasteiger partial charge in [0.2, 0.25) is 0 Å². The molecule has 1 amide bonds. The number of nitrogens with one attached hydrogen (secondary N) is 1. The van der Waals surface area contributed by atoms with Crippen LogP contribution in [0.1, 0.15) is 57.6 Å². The SMILES string of the molecule is Cc1ccc(S(=O)(=O)N(CC(=O)NN=C2CCC(C(C)(C)C)CC2)c2cccc(Cl)c2C)cc1. The van der Waals surface area contributed by atoms with E-state index in [0.717, 1.165) is 41.3 Å². The van der Waals surface area contributed by atoms with Gasteiger partial charge in [0.1, 0.15) is 6.54 Å². The van der Waals surface area contributed by atoms with Crippen molar-refractivity contribution in [1.29, 1.82) is 0 Å². The summed E-state index contributed by atoms with van der Waals surface area (Å²) >= 11 is 6.27. The summed E-state index contributed by atoms with van der Waals surface area (Å²) in [6.07, 6.45) is 3.74. The fraction of sp³-hybridized carbons (Fsp3) is 0.462. The van der Waals surface area contributed by atoms with Crippen molar-refractivity contribution >= 4 is 38.9 Å². The number of carbonyl (C=O) groups is 1. The zero-order valence-corrected chi connectivity index (χ0v) is 22.1. The van der Waals surface area contributed by atoms with Gasteiger partial charge in [-0.25, -0.2) is 13.8 Å². The molecule has 1 aliphatic rings. The summed E-state index contributed by atoms with van der Waals surface area (Å²) in [4.78, 5) is 13.0. The summed E-state index contributed by atoms with van der Waals surface area (Å²) in [5, 5.41) is 4.75. The van der Waals surface area contributed by atoms with Crippen LogP contribution >= 0.6 is 11.6 Å². The van der Waals surface area contributed by atoms with E-state index in [1.54, 1.807) is 49.4 Å². The van der Waals surface area contributed by atoms with Crippen molar-refractivity contribution < 1.29 is 13.2 Å². The number of aryl methyl sites for hydroxylation is 1. The Morgan fingerprint density at radius 3 is 2.29 bits per heavy atom. The highest BCUT2D eigenvalue weighted by Gasteiger charge is 2.30. The fourth-order valence-corrected chi connectivity index (χ4v) is 5.89. The van der Waals surface area contributed by atoms with Crippen LogP contribution in [0.15, 0.2) is 52.5 Å². The Kier molecular flexibility index (Phi) is 8.09. The van der Waals surface area contributed by atoms with Gasteiger partial charge < -0.3 is 0 Å². The molecule has 1 N–H and O–H groups in total. The normalized spacial score (nSPS) is 16.8. The van der Waals surface area contributed by atoms with Gasteiger partial charge in [-0.1, -0.05) is 56.1 Å². The third kappa shape index (κ3) is 6.19. The Morgan fingerprint density at radius 1 is 1.09 bits per heavy atom. The van der Waals surface area contributed by atoms with Gasteiger partial charge in [-0.3, -0.25) is 9.10 Å². The van der Waals surface area contributed by atoms with Gasteiger partial charge in [-0.15, -0.1) is 0 Å². The van der Waals surface area contributed by atoms with Crippen molar-refractivity contribution in [2.45, 2.75) is 65.2 Å². The zero-order chi connectivity index (χ0) is 25.1. The third-order valence-electron chi connectivity index (χ3n) is 6.53. The van der Waals surface area contributed by atoms with E-state index < -0.39 is 22.5 Å². The molecule has 0 spiro atoms. The topological polar surface area (TPSA) is 78.8 Å². The molecule has 0 radical (unpaired) electrons. The lowest BCUT2D eigenvalue weighted by molar-refractivity contribution is -0.119. The second kappa shape index (κ2) is 10.5. The van der Waals surface area contributed by atoms with E-state index in [9.17, 15) is 13.2 Å². The van der Waals surface area contributed by atoms with Crippen LogP contribution in [0.25, 0.3) is 0 Å². The van der Waals surface area contributed by atoms with Gasteiger partial charge in [-0.2, -0.15) is 5.10 Å². The molecule has 1 fully saturated rings. The van der Waals surface area contributed by atoms with E-state index in [2.05, 4.69) is 31.3 Å². The second-order valence-corrected chi connectivity index (χ2v) is 12.3. The number of sulfonamides is 1. The second-order valence-electron chi connectivity index (χ2n) is 10.1. The first-order valence-electron chi connectivity index (χ1n) is 11.6. The molecular weight excluding hydrogens is 470 g/mol. The van der Waals surface area contributed by atoms with Gasteiger partial charge in [-0.05, 0) is 80.7 Å². The molecule has 2 aromatic rings. The minimum absolute atomic E-state index is 0.108. The molecular formula is C26H34ClN3O3S. The standard InChI is InChI=1S/C26H34ClN3O3S/c1-18-9-15-22(16-10-18)34(32,33)30(24-8-6-7-23(27)19(24)2)17-25(31)29-28-21-13-11-20(12-14-21)26(3,4)5/h6-10,15-16,20H,11-14,17H2,1-5H3,(H,29,31). The minimum Gasteiger partial charge on any atom is -0.271 e. The molecule has 0 aromatic heterocycles. The average molecular weight is 504 g/mol. The van der Waals surface area contributed by atoms with E-state index in [1.807, 2.05) is 6.92 Å². The van der Waals surface area contributed by atoms with E-state index >= 15 is 0 Å². The van der Waals surface area contributed by atoms with Crippen molar-refractivity contribution in [2.24, 2.45) is 16.4 Å². The molecule has 1 saturated carbocycles. The Morgan fingerprint density at radius 2 is 1.71 bits per heavy atom. The van der Waals surface area contributed by atoms with Crippen LogP contribution in [0.4, 0.5) is 5.69 Å². The Labute approximate surface area is 208 Å². The fourth-order valence-electron chi connectivity index (χ4n) is 4.24. The molecule has 6 nitrogen and oxygen atoms in total. The molecule has 0 saturated heterocycles. The predicted octanol–water partition coefficient (Wildman–Crippen LogP) is 5.86. The molecule has 2 aromatic carbocycles. The van der Waals surface area contributed by atoms with Crippen LogP contribution in [0, 0.1) is 25.2 Å². The molecule has 184 valence electrons. The van der Waals surface area contributed by atoms with Crippen LogP contribution < -0.4 is 9.73 Å². The lowest BCUT2D eigenvalue weighted by Crippen LogP contribution is -2.40. The number of amides is 1. The number of halogens is 1.